The number of benzene rings is 1. The Bertz CT molecular complexity index is 2260. The largest absolute Gasteiger partial charge is 0.497 e. The van der Waals surface area contributed by atoms with Crippen molar-refractivity contribution in [1.29, 1.82) is 0 Å². The summed E-state index contributed by atoms with van der Waals surface area (Å²) in [5.41, 5.74) is -4.15. The average Bonchev–Trinajstić information content (AvgIpc) is 4.09. The molecular formula is C45H60F2N4O10S. The van der Waals surface area contributed by atoms with E-state index in [0.29, 0.717) is 56.4 Å². The Hall–Kier alpha value is -4.38. The highest BCUT2D eigenvalue weighted by atomic mass is 32.2. The summed E-state index contributed by atoms with van der Waals surface area (Å²) in [6.07, 6.45) is 6.19. The molecule has 1 aromatic heterocycles. The minimum absolute atomic E-state index is 0.0916. The van der Waals surface area contributed by atoms with Gasteiger partial charge in [0.1, 0.15) is 28.5 Å². The number of hydrogen-bond acceptors (Lipinski definition) is 11. The second kappa shape index (κ2) is 16.6. The first kappa shape index (κ1) is 45.6. The van der Waals surface area contributed by atoms with Crippen molar-refractivity contribution in [2.24, 2.45) is 11.8 Å². The molecule has 7 rings (SSSR count). The molecule has 340 valence electrons. The number of fused-ring (bicyclic) bond motifs is 5. The monoisotopic (exact) mass is 886 g/mol. The van der Waals surface area contributed by atoms with Gasteiger partial charge in [-0.1, -0.05) is 38.8 Å². The molecule has 2 aromatic rings. The van der Waals surface area contributed by atoms with Crippen LogP contribution in [-0.4, -0.2) is 96.9 Å². The number of pyridine rings is 1. The van der Waals surface area contributed by atoms with Gasteiger partial charge in [-0.2, -0.15) is 0 Å². The number of carbonyl (C=O) groups excluding carboxylic acids is 4. The van der Waals surface area contributed by atoms with E-state index in [4.69, 9.17) is 23.9 Å². The van der Waals surface area contributed by atoms with Gasteiger partial charge in [0.25, 0.3) is 11.8 Å². The number of nitrogens with one attached hydrogen (secondary N) is 2. The van der Waals surface area contributed by atoms with Gasteiger partial charge in [0, 0.05) is 43.8 Å². The smallest absolute Gasteiger partial charge is 0.307 e. The summed E-state index contributed by atoms with van der Waals surface area (Å²) in [5.74, 6) is -8.20. The first-order valence-corrected chi connectivity index (χ1v) is 23.2. The molecule has 0 bridgehead atoms. The van der Waals surface area contributed by atoms with Crippen LogP contribution in [0.1, 0.15) is 129 Å². The van der Waals surface area contributed by atoms with Crippen molar-refractivity contribution in [3.63, 3.8) is 0 Å². The number of esters is 1. The summed E-state index contributed by atoms with van der Waals surface area (Å²) in [6.45, 7) is 8.55. The van der Waals surface area contributed by atoms with Gasteiger partial charge < -0.3 is 29.2 Å². The quantitative estimate of drug-likeness (QED) is 0.190. The molecule has 4 heterocycles. The Morgan fingerprint density at radius 2 is 1.85 bits per heavy atom. The van der Waals surface area contributed by atoms with Crippen LogP contribution in [-0.2, 0) is 44.6 Å². The van der Waals surface area contributed by atoms with E-state index in [9.17, 15) is 22.8 Å². The van der Waals surface area contributed by atoms with Gasteiger partial charge >= 0.3 is 5.97 Å². The topological polar surface area (TPSA) is 180 Å². The molecular weight excluding hydrogens is 827 g/mol. The molecule has 3 fully saturated rings. The van der Waals surface area contributed by atoms with Crippen molar-refractivity contribution in [2.45, 2.75) is 151 Å². The molecule has 1 aromatic carbocycles. The Labute approximate surface area is 362 Å². The fourth-order valence-corrected chi connectivity index (χ4v) is 10.6. The zero-order valence-electron chi connectivity index (χ0n) is 36.7. The van der Waals surface area contributed by atoms with E-state index >= 15 is 13.6 Å². The van der Waals surface area contributed by atoms with Crippen LogP contribution >= 0.6 is 0 Å². The number of hydrogen-bond donors (Lipinski definition) is 2. The fraction of sp³-hybridized carbons (Fsp3) is 0.667. The first-order valence-electron chi connectivity index (χ1n) is 21.7. The third-order valence-corrected chi connectivity index (χ3v) is 15.5. The third-order valence-electron chi connectivity index (χ3n) is 13.4. The molecule has 5 aliphatic rings. The number of alkyl halides is 2. The van der Waals surface area contributed by atoms with Crippen molar-refractivity contribution < 1.29 is 55.3 Å². The zero-order valence-corrected chi connectivity index (χ0v) is 37.6. The average molecular weight is 887 g/mol. The van der Waals surface area contributed by atoms with E-state index in [0.717, 1.165) is 6.42 Å². The predicted molar refractivity (Wildman–Crippen MR) is 225 cm³/mol. The number of ether oxygens (including phenoxy) is 4. The lowest BCUT2D eigenvalue weighted by molar-refractivity contribution is -0.161. The van der Waals surface area contributed by atoms with Gasteiger partial charge in [0.2, 0.25) is 21.8 Å². The minimum atomic E-state index is -4.10. The SMILES string of the molecule is COCCC(C)(C)OC(=O)C[C@H]1CCCCC/C=C\[C@@H]2C[C@@]2(C(=O)NS(=O)(=O)C2(C)CC2)NC(=O)[C@@H]2C[C@@]3(CN2C1=O)CC(F)(F)c1c(c(C(C)C)nc2ccc(OC)cc12)O3. The van der Waals surface area contributed by atoms with Crippen molar-refractivity contribution in [3.05, 3.63) is 41.6 Å². The van der Waals surface area contributed by atoms with E-state index < -0.39 is 92.0 Å². The molecule has 2 N–H and O–H groups in total. The van der Waals surface area contributed by atoms with Crippen LogP contribution in [0, 0.1) is 11.8 Å². The summed E-state index contributed by atoms with van der Waals surface area (Å²) in [5, 5.41) is 2.97. The lowest BCUT2D eigenvalue weighted by atomic mass is 9.83. The number of nitrogens with zero attached hydrogens (tertiary/aromatic N) is 2. The van der Waals surface area contributed by atoms with Crippen molar-refractivity contribution in [1.82, 2.24) is 19.9 Å². The van der Waals surface area contributed by atoms with Crippen molar-refractivity contribution in [3.8, 4) is 11.5 Å². The number of methoxy groups -OCH3 is 2. The highest BCUT2D eigenvalue weighted by Gasteiger charge is 2.65. The zero-order chi connectivity index (χ0) is 45.0. The number of amides is 3. The Kier molecular flexibility index (Phi) is 12.2. The van der Waals surface area contributed by atoms with E-state index in [1.165, 1.54) is 25.2 Å². The van der Waals surface area contributed by atoms with Gasteiger partial charge in [-0.25, -0.2) is 22.2 Å². The number of halogens is 2. The van der Waals surface area contributed by atoms with Crippen LogP contribution in [0.2, 0.25) is 0 Å². The van der Waals surface area contributed by atoms with Crippen LogP contribution in [0.15, 0.2) is 30.4 Å². The van der Waals surface area contributed by atoms with Crippen LogP contribution < -0.4 is 19.5 Å². The van der Waals surface area contributed by atoms with Crippen LogP contribution in [0.25, 0.3) is 10.9 Å². The standard InChI is InChI=1S/C45H60F2N4O10S/c1-27(2)36-37-35(31-22-30(59-7)15-16-32(31)48-36)45(46,47)25-43(61-37)24-33-38(53)49-44(40(55)50-62(56,57)42(5)17-18-42)23-29(44)14-12-10-8-9-11-13-28(39(54)51(33)26-43)21-34(52)60-41(3,4)19-20-58-6/h12,14-16,22,27-29,33H,8-11,13,17-21,23-26H2,1-7H3,(H,49,53)(H,50,55)/b14-12-/t28-,29-,33+,43+,44-/m1/s1. The Balaban J connectivity index is 1.28. The summed E-state index contributed by atoms with van der Waals surface area (Å²) >= 11 is 0. The number of sulfonamides is 1. The number of rotatable bonds is 11. The molecule has 5 atom stereocenters. The number of aromatic nitrogens is 1. The molecule has 3 amide bonds. The van der Waals surface area contributed by atoms with Gasteiger partial charge in [0.15, 0.2) is 5.75 Å². The van der Waals surface area contributed by atoms with Gasteiger partial charge in [-0.15, -0.1) is 0 Å². The second-order valence-corrected chi connectivity index (χ2v) is 21.4. The molecule has 0 radical (unpaired) electrons. The molecule has 62 heavy (non-hydrogen) atoms. The molecule has 14 nitrogen and oxygen atoms in total. The maximum Gasteiger partial charge on any atom is 0.307 e. The molecule has 17 heteroatoms. The van der Waals surface area contributed by atoms with E-state index in [1.807, 2.05) is 19.9 Å². The normalized spacial score (nSPS) is 28.7. The Morgan fingerprint density at radius 3 is 2.53 bits per heavy atom. The van der Waals surface area contributed by atoms with Gasteiger partial charge in [-0.3, -0.25) is 23.9 Å². The van der Waals surface area contributed by atoms with Crippen molar-refractivity contribution >= 4 is 44.6 Å². The molecule has 0 unspecified atom stereocenters. The van der Waals surface area contributed by atoms with E-state index in [-0.39, 0.29) is 54.0 Å². The van der Waals surface area contributed by atoms with Crippen molar-refractivity contribution in [2.75, 3.05) is 27.4 Å². The van der Waals surface area contributed by atoms with Crippen LogP contribution in [0.5, 0.6) is 11.5 Å². The summed E-state index contributed by atoms with van der Waals surface area (Å²) in [6, 6.07) is 3.31. The fourth-order valence-electron chi connectivity index (χ4n) is 9.24. The maximum absolute atomic E-state index is 17.2. The summed E-state index contributed by atoms with van der Waals surface area (Å²) in [7, 11) is -1.12. The molecule has 3 aliphatic heterocycles. The lowest BCUT2D eigenvalue weighted by Gasteiger charge is -2.41. The number of allylic oxidation sites excluding steroid dienone is 1. The van der Waals surface area contributed by atoms with Crippen LogP contribution in [0.3, 0.4) is 0 Å². The van der Waals surface area contributed by atoms with E-state index in [1.54, 1.807) is 39.0 Å². The molecule has 2 aliphatic carbocycles. The van der Waals surface area contributed by atoms with Gasteiger partial charge in [0.05, 0.1) is 48.0 Å². The van der Waals surface area contributed by atoms with Crippen LogP contribution in [0.4, 0.5) is 8.78 Å². The minimum Gasteiger partial charge on any atom is -0.497 e. The maximum atomic E-state index is 17.2. The highest BCUT2D eigenvalue weighted by molar-refractivity contribution is 7.91. The highest BCUT2D eigenvalue weighted by Crippen LogP contribution is 2.56. The summed E-state index contributed by atoms with van der Waals surface area (Å²) in [4.78, 5) is 63.5. The van der Waals surface area contributed by atoms with Gasteiger partial charge in [-0.05, 0) is 83.4 Å². The third kappa shape index (κ3) is 8.89. The van der Waals surface area contributed by atoms with E-state index in [2.05, 4.69) is 10.0 Å². The molecule has 1 spiro atoms. The Morgan fingerprint density at radius 1 is 1.11 bits per heavy atom. The molecule has 1 saturated heterocycles. The molecule has 2 saturated carbocycles. The predicted octanol–water partition coefficient (Wildman–Crippen LogP) is 6.34. The first-order chi connectivity index (χ1) is 29.1. The number of carbonyl (C=O) groups is 4. The second-order valence-electron chi connectivity index (χ2n) is 19.2. The summed E-state index contributed by atoms with van der Waals surface area (Å²) < 4.78 is 85.1. The lowest BCUT2D eigenvalue weighted by Crippen LogP contribution is -2.57.